The summed E-state index contributed by atoms with van der Waals surface area (Å²) in [5.74, 6) is 0.263. The molecule has 3 aromatic carbocycles. The summed E-state index contributed by atoms with van der Waals surface area (Å²) in [7, 11) is -3.16. The highest BCUT2D eigenvalue weighted by molar-refractivity contribution is 7.89. The van der Waals surface area contributed by atoms with Crippen LogP contribution in [0.5, 0.6) is 11.5 Å². The number of hydrogen-bond acceptors (Lipinski definition) is 6. The second-order valence-corrected chi connectivity index (χ2v) is 9.72. The Kier molecular flexibility index (Phi) is 6.32. The Balaban J connectivity index is 1.48. The minimum absolute atomic E-state index is 0.0994. The molecule has 9 heteroatoms. The zero-order valence-electron chi connectivity index (χ0n) is 17.8. The quantitative estimate of drug-likeness (QED) is 0.575. The molecule has 0 saturated heterocycles. The van der Waals surface area contributed by atoms with Crippen LogP contribution in [0, 0.1) is 0 Å². The maximum absolute atomic E-state index is 12.9. The molecule has 170 valence electrons. The molecule has 0 saturated carbocycles. The summed E-state index contributed by atoms with van der Waals surface area (Å²) in [5.41, 5.74) is 2.10. The molecular formula is C24H22N2O6S. The molecule has 2 amide bonds. The number of carbonyl (C=O) groups is 2. The van der Waals surface area contributed by atoms with Crippen LogP contribution in [0.15, 0.2) is 66.7 Å². The Hall–Kier alpha value is -3.85. The van der Waals surface area contributed by atoms with Gasteiger partial charge < -0.3 is 20.1 Å². The highest BCUT2D eigenvalue weighted by Gasteiger charge is 2.17. The second-order valence-electron chi connectivity index (χ2n) is 7.58. The fraction of sp³-hybridized carbons (Fsp3) is 0.167. The molecule has 8 nitrogen and oxygen atoms in total. The van der Waals surface area contributed by atoms with Gasteiger partial charge in [0.05, 0.1) is 17.0 Å². The van der Waals surface area contributed by atoms with Crippen molar-refractivity contribution in [3.05, 3.63) is 83.4 Å². The van der Waals surface area contributed by atoms with Gasteiger partial charge in [0.15, 0.2) is 21.3 Å². The van der Waals surface area contributed by atoms with Crippen LogP contribution in [-0.2, 0) is 15.6 Å². The summed E-state index contributed by atoms with van der Waals surface area (Å²) >= 11 is 0. The fourth-order valence-electron chi connectivity index (χ4n) is 3.36. The molecule has 33 heavy (non-hydrogen) atoms. The minimum Gasteiger partial charge on any atom is -0.486 e. The number of carbonyl (C=O) groups excluding carboxylic acids is 2. The van der Waals surface area contributed by atoms with Crippen LogP contribution in [0.4, 0.5) is 11.4 Å². The topological polar surface area (TPSA) is 111 Å². The number of anilines is 2. The summed E-state index contributed by atoms with van der Waals surface area (Å²) in [6.07, 6.45) is 1.15. The first-order valence-corrected chi connectivity index (χ1v) is 12.2. The number of rotatable bonds is 6. The average Bonchev–Trinajstić information content (AvgIpc) is 2.78. The van der Waals surface area contributed by atoms with E-state index in [1.807, 2.05) is 0 Å². The van der Waals surface area contributed by atoms with Gasteiger partial charge in [-0.2, -0.15) is 0 Å². The van der Waals surface area contributed by atoms with Crippen molar-refractivity contribution in [2.75, 3.05) is 30.1 Å². The first-order chi connectivity index (χ1) is 15.8. The van der Waals surface area contributed by atoms with Crippen LogP contribution in [0.3, 0.4) is 0 Å². The number of para-hydroxylation sites is 1. The van der Waals surface area contributed by atoms with Gasteiger partial charge in [0, 0.05) is 23.6 Å². The van der Waals surface area contributed by atoms with Crippen molar-refractivity contribution >= 4 is 33.0 Å². The van der Waals surface area contributed by atoms with E-state index in [0.717, 1.165) is 6.26 Å². The summed E-state index contributed by atoms with van der Waals surface area (Å²) in [5, 5.41) is 5.56. The highest BCUT2D eigenvalue weighted by atomic mass is 32.2. The van der Waals surface area contributed by atoms with Gasteiger partial charge in [-0.05, 0) is 42.0 Å². The smallest absolute Gasteiger partial charge is 0.257 e. The van der Waals surface area contributed by atoms with E-state index in [-0.39, 0.29) is 11.3 Å². The van der Waals surface area contributed by atoms with Crippen molar-refractivity contribution in [1.29, 1.82) is 0 Å². The Morgan fingerprint density at radius 3 is 2.27 bits per heavy atom. The van der Waals surface area contributed by atoms with Crippen molar-refractivity contribution in [2.24, 2.45) is 0 Å². The lowest BCUT2D eigenvalue weighted by Crippen LogP contribution is -2.19. The number of benzene rings is 3. The molecule has 0 radical (unpaired) electrons. The number of ether oxygens (including phenoxy) is 2. The van der Waals surface area contributed by atoms with Gasteiger partial charge in [0.2, 0.25) is 0 Å². The maximum Gasteiger partial charge on any atom is 0.257 e. The zero-order chi connectivity index (χ0) is 23.4. The number of sulfone groups is 1. The normalized spacial score (nSPS) is 12.6. The van der Waals surface area contributed by atoms with Crippen molar-refractivity contribution in [3.8, 4) is 11.5 Å². The number of fused-ring (bicyclic) bond motifs is 1. The molecule has 1 aliphatic rings. The molecule has 0 atom stereocenters. The maximum atomic E-state index is 12.9. The summed E-state index contributed by atoms with van der Waals surface area (Å²) in [6.45, 7) is 0.917. The van der Waals surface area contributed by atoms with Crippen LogP contribution in [-0.4, -0.2) is 39.7 Å². The van der Waals surface area contributed by atoms with E-state index < -0.39 is 21.7 Å². The van der Waals surface area contributed by atoms with Gasteiger partial charge >= 0.3 is 0 Å². The van der Waals surface area contributed by atoms with E-state index in [2.05, 4.69) is 10.6 Å². The molecule has 4 rings (SSSR count). The molecule has 1 heterocycles. The second kappa shape index (κ2) is 9.33. The van der Waals surface area contributed by atoms with Gasteiger partial charge in [-0.25, -0.2) is 8.42 Å². The van der Waals surface area contributed by atoms with E-state index in [1.54, 1.807) is 66.7 Å². The van der Waals surface area contributed by atoms with Gasteiger partial charge in [0.1, 0.15) is 13.2 Å². The van der Waals surface area contributed by atoms with Crippen molar-refractivity contribution in [3.63, 3.8) is 0 Å². The van der Waals surface area contributed by atoms with Crippen molar-refractivity contribution in [2.45, 2.75) is 5.75 Å². The summed E-state index contributed by atoms with van der Waals surface area (Å²) in [4.78, 5) is 25.6. The summed E-state index contributed by atoms with van der Waals surface area (Å²) in [6, 6.07) is 18.1. The Morgan fingerprint density at radius 1 is 0.848 bits per heavy atom. The lowest BCUT2D eigenvalue weighted by Gasteiger charge is -2.19. The van der Waals surface area contributed by atoms with Crippen LogP contribution in [0.1, 0.15) is 26.3 Å². The van der Waals surface area contributed by atoms with E-state index in [9.17, 15) is 18.0 Å². The molecule has 0 aliphatic carbocycles. The van der Waals surface area contributed by atoms with Crippen LogP contribution < -0.4 is 20.1 Å². The van der Waals surface area contributed by atoms with Gasteiger partial charge in [0.25, 0.3) is 11.8 Å². The lowest BCUT2D eigenvalue weighted by atomic mass is 10.1. The Morgan fingerprint density at radius 2 is 1.55 bits per heavy atom. The molecule has 3 aromatic rings. The molecule has 0 unspecified atom stereocenters. The molecule has 2 N–H and O–H groups in total. The van der Waals surface area contributed by atoms with Gasteiger partial charge in [-0.1, -0.05) is 24.3 Å². The SMILES string of the molecule is CS(=O)(=O)Cc1ccc(C(=O)Nc2ccccc2C(=O)Nc2ccc3c(c2)OCCO3)cc1. The monoisotopic (exact) mass is 466 g/mol. The highest BCUT2D eigenvalue weighted by Crippen LogP contribution is 2.33. The first-order valence-electron chi connectivity index (χ1n) is 10.2. The van der Waals surface area contributed by atoms with E-state index in [1.165, 1.54) is 0 Å². The van der Waals surface area contributed by atoms with Gasteiger partial charge in [-0.15, -0.1) is 0 Å². The van der Waals surface area contributed by atoms with E-state index in [0.29, 0.717) is 47.2 Å². The minimum atomic E-state index is -3.16. The number of amides is 2. The number of nitrogens with one attached hydrogen (secondary N) is 2. The third-order valence-electron chi connectivity index (χ3n) is 4.86. The lowest BCUT2D eigenvalue weighted by molar-refractivity contribution is 0.102. The largest absolute Gasteiger partial charge is 0.486 e. The molecule has 1 aliphatic heterocycles. The first kappa shape index (κ1) is 22.3. The third-order valence-corrected chi connectivity index (χ3v) is 5.72. The van der Waals surface area contributed by atoms with E-state index in [4.69, 9.17) is 9.47 Å². The third kappa shape index (κ3) is 5.69. The zero-order valence-corrected chi connectivity index (χ0v) is 18.6. The van der Waals surface area contributed by atoms with Crippen LogP contribution in [0.2, 0.25) is 0 Å². The molecule has 0 fully saturated rings. The molecule has 0 spiro atoms. The van der Waals surface area contributed by atoms with Crippen molar-refractivity contribution < 1.29 is 27.5 Å². The molecule has 0 aromatic heterocycles. The Bertz CT molecular complexity index is 1300. The Labute approximate surface area is 191 Å². The number of hydrogen-bond donors (Lipinski definition) is 2. The molecular weight excluding hydrogens is 444 g/mol. The van der Waals surface area contributed by atoms with E-state index >= 15 is 0 Å². The fourth-order valence-corrected chi connectivity index (χ4v) is 4.16. The average molecular weight is 467 g/mol. The van der Waals surface area contributed by atoms with Gasteiger partial charge in [-0.3, -0.25) is 9.59 Å². The molecule has 0 bridgehead atoms. The van der Waals surface area contributed by atoms with Crippen LogP contribution >= 0.6 is 0 Å². The standard InChI is InChI=1S/C24H22N2O6S/c1-33(29,30)15-16-6-8-17(9-7-16)23(27)26-20-5-3-2-4-19(20)24(28)25-18-10-11-21-22(14-18)32-13-12-31-21/h2-11,14H,12-13,15H2,1H3,(H,25,28)(H,26,27). The van der Waals surface area contributed by atoms with Crippen LogP contribution in [0.25, 0.3) is 0 Å². The predicted molar refractivity (Wildman–Crippen MR) is 125 cm³/mol. The predicted octanol–water partition coefficient (Wildman–Crippen LogP) is 3.51. The summed E-state index contributed by atoms with van der Waals surface area (Å²) < 4.78 is 33.9. The van der Waals surface area contributed by atoms with Crippen molar-refractivity contribution in [1.82, 2.24) is 0 Å².